The first kappa shape index (κ1) is 11.6. The van der Waals surface area contributed by atoms with E-state index in [2.05, 4.69) is 29.7 Å². The van der Waals surface area contributed by atoms with E-state index < -0.39 is 0 Å². The molecule has 16 heavy (non-hydrogen) atoms. The lowest BCUT2D eigenvalue weighted by atomic mass is 9.81. The SMILES string of the molecule is CCCC1(C(=O)NC2CC=CC2)CCNC1. The minimum Gasteiger partial charge on any atom is -0.352 e. The number of carbonyl (C=O) groups excluding carboxylic acids is 1. The lowest BCUT2D eigenvalue weighted by Crippen LogP contribution is -2.46. The van der Waals surface area contributed by atoms with E-state index in [9.17, 15) is 4.79 Å². The predicted octanol–water partition coefficient (Wildman–Crippen LogP) is 1.60. The maximum absolute atomic E-state index is 12.3. The molecular weight excluding hydrogens is 200 g/mol. The van der Waals surface area contributed by atoms with Crippen LogP contribution in [-0.4, -0.2) is 25.0 Å². The third-order valence-electron chi connectivity index (χ3n) is 3.80. The second-order valence-electron chi connectivity index (χ2n) is 5.07. The molecule has 1 unspecified atom stereocenters. The molecule has 3 heteroatoms. The van der Waals surface area contributed by atoms with Crippen LogP contribution in [0.4, 0.5) is 0 Å². The summed E-state index contributed by atoms with van der Waals surface area (Å²) in [6.07, 6.45) is 9.40. The summed E-state index contributed by atoms with van der Waals surface area (Å²) >= 11 is 0. The van der Waals surface area contributed by atoms with E-state index >= 15 is 0 Å². The molecule has 1 aliphatic carbocycles. The Labute approximate surface area is 97.7 Å². The second kappa shape index (κ2) is 5.00. The molecule has 0 aromatic carbocycles. The van der Waals surface area contributed by atoms with Crippen LogP contribution in [0.1, 0.15) is 39.0 Å². The van der Waals surface area contributed by atoms with Crippen molar-refractivity contribution in [2.45, 2.75) is 45.1 Å². The van der Waals surface area contributed by atoms with Crippen LogP contribution in [0.25, 0.3) is 0 Å². The highest BCUT2D eigenvalue weighted by Gasteiger charge is 2.40. The first-order valence-corrected chi connectivity index (χ1v) is 6.43. The average molecular weight is 222 g/mol. The molecular formula is C13H22N2O. The van der Waals surface area contributed by atoms with E-state index in [1.54, 1.807) is 0 Å². The van der Waals surface area contributed by atoms with Gasteiger partial charge in [-0.15, -0.1) is 0 Å². The van der Waals surface area contributed by atoms with Crippen LogP contribution in [0.5, 0.6) is 0 Å². The molecule has 2 N–H and O–H groups in total. The van der Waals surface area contributed by atoms with Gasteiger partial charge in [0.15, 0.2) is 0 Å². The molecule has 0 spiro atoms. The van der Waals surface area contributed by atoms with Gasteiger partial charge in [0, 0.05) is 12.6 Å². The van der Waals surface area contributed by atoms with Crippen molar-refractivity contribution < 1.29 is 4.79 Å². The lowest BCUT2D eigenvalue weighted by molar-refractivity contribution is -0.131. The number of carbonyl (C=O) groups is 1. The molecule has 1 aliphatic heterocycles. The Bertz CT molecular complexity index is 272. The zero-order chi connectivity index (χ0) is 11.4. The Morgan fingerprint density at radius 3 is 2.81 bits per heavy atom. The van der Waals surface area contributed by atoms with Gasteiger partial charge in [0.1, 0.15) is 0 Å². The van der Waals surface area contributed by atoms with E-state index in [1.165, 1.54) is 0 Å². The fraction of sp³-hybridized carbons (Fsp3) is 0.769. The molecule has 1 saturated heterocycles. The molecule has 0 aromatic heterocycles. The molecule has 90 valence electrons. The maximum atomic E-state index is 12.3. The maximum Gasteiger partial charge on any atom is 0.227 e. The molecule has 0 bridgehead atoms. The number of nitrogens with one attached hydrogen (secondary N) is 2. The largest absolute Gasteiger partial charge is 0.352 e. The van der Waals surface area contributed by atoms with E-state index in [-0.39, 0.29) is 11.3 Å². The monoisotopic (exact) mass is 222 g/mol. The van der Waals surface area contributed by atoms with Crippen molar-refractivity contribution >= 4 is 5.91 Å². The van der Waals surface area contributed by atoms with Gasteiger partial charge in [-0.2, -0.15) is 0 Å². The minimum absolute atomic E-state index is 0.128. The topological polar surface area (TPSA) is 41.1 Å². The molecule has 3 nitrogen and oxygen atoms in total. The summed E-state index contributed by atoms with van der Waals surface area (Å²) in [4.78, 5) is 12.3. The van der Waals surface area contributed by atoms with Crippen molar-refractivity contribution in [2.75, 3.05) is 13.1 Å². The number of hydrogen-bond donors (Lipinski definition) is 2. The Balaban J connectivity index is 1.94. The Hall–Kier alpha value is -0.830. The molecule has 0 radical (unpaired) electrons. The van der Waals surface area contributed by atoms with E-state index in [1.807, 2.05) is 0 Å². The van der Waals surface area contributed by atoms with Gasteiger partial charge in [0.2, 0.25) is 5.91 Å². The fourth-order valence-corrected chi connectivity index (χ4v) is 2.82. The van der Waals surface area contributed by atoms with Crippen molar-refractivity contribution in [3.05, 3.63) is 12.2 Å². The van der Waals surface area contributed by atoms with E-state index in [4.69, 9.17) is 0 Å². The quantitative estimate of drug-likeness (QED) is 0.709. The highest BCUT2D eigenvalue weighted by molar-refractivity contribution is 5.83. The smallest absolute Gasteiger partial charge is 0.227 e. The third-order valence-corrected chi connectivity index (χ3v) is 3.80. The van der Waals surface area contributed by atoms with Gasteiger partial charge in [-0.25, -0.2) is 0 Å². The molecule has 1 heterocycles. The van der Waals surface area contributed by atoms with Gasteiger partial charge in [-0.1, -0.05) is 25.5 Å². The van der Waals surface area contributed by atoms with E-state index in [0.29, 0.717) is 6.04 Å². The van der Waals surface area contributed by atoms with Crippen molar-refractivity contribution in [3.8, 4) is 0 Å². The Morgan fingerprint density at radius 1 is 1.50 bits per heavy atom. The average Bonchev–Trinajstić information content (AvgIpc) is 2.89. The zero-order valence-electron chi connectivity index (χ0n) is 10.1. The first-order valence-electron chi connectivity index (χ1n) is 6.43. The minimum atomic E-state index is -0.128. The highest BCUT2D eigenvalue weighted by Crippen LogP contribution is 2.31. The van der Waals surface area contributed by atoms with Crippen LogP contribution in [0.2, 0.25) is 0 Å². The molecule has 1 atom stereocenters. The molecule has 0 aromatic rings. The number of hydrogen-bond acceptors (Lipinski definition) is 2. The summed E-state index contributed by atoms with van der Waals surface area (Å²) in [7, 11) is 0. The van der Waals surface area contributed by atoms with Crippen molar-refractivity contribution in [1.82, 2.24) is 10.6 Å². The fourth-order valence-electron chi connectivity index (χ4n) is 2.82. The van der Waals surface area contributed by atoms with Gasteiger partial charge in [0.25, 0.3) is 0 Å². The molecule has 2 rings (SSSR count). The summed E-state index contributed by atoms with van der Waals surface area (Å²) in [6, 6.07) is 0.349. The standard InChI is InChI=1S/C13H22N2O/c1-2-7-13(8-9-14-10-13)12(16)15-11-5-3-4-6-11/h3-4,11,14H,2,5-10H2,1H3,(H,15,16). The van der Waals surface area contributed by atoms with Crippen LogP contribution < -0.4 is 10.6 Å². The summed E-state index contributed by atoms with van der Waals surface area (Å²) < 4.78 is 0. The Morgan fingerprint density at radius 2 is 2.25 bits per heavy atom. The summed E-state index contributed by atoms with van der Waals surface area (Å²) in [6.45, 7) is 3.99. The molecule has 0 saturated carbocycles. The van der Waals surface area contributed by atoms with E-state index in [0.717, 1.165) is 45.2 Å². The summed E-state index contributed by atoms with van der Waals surface area (Å²) in [5, 5.41) is 6.53. The second-order valence-corrected chi connectivity index (χ2v) is 5.07. The third kappa shape index (κ3) is 2.29. The van der Waals surface area contributed by atoms with Crippen LogP contribution in [-0.2, 0) is 4.79 Å². The lowest BCUT2D eigenvalue weighted by Gasteiger charge is -2.28. The van der Waals surface area contributed by atoms with Crippen LogP contribution in [0, 0.1) is 5.41 Å². The van der Waals surface area contributed by atoms with Crippen LogP contribution >= 0.6 is 0 Å². The van der Waals surface area contributed by atoms with Crippen molar-refractivity contribution in [2.24, 2.45) is 5.41 Å². The Kier molecular flexibility index (Phi) is 3.64. The van der Waals surface area contributed by atoms with Gasteiger partial charge in [-0.3, -0.25) is 4.79 Å². The normalized spacial score (nSPS) is 29.8. The van der Waals surface area contributed by atoms with Gasteiger partial charge in [-0.05, 0) is 32.2 Å². The van der Waals surface area contributed by atoms with Crippen molar-refractivity contribution in [1.29, 1.82) is 0 Å². The summed E-state index contributed by atoms with van der Waals surface area (Å²) in [5.74, 6) is 0.271. The molecule has 1 fully saturated rings. The summed E-state index contributed by atoms with van der Waals surface area (Å²) in [5.41, 5.74) is -0.128. The predicted molar refractivity (Wildman–Crippen MR) is 65.1 cm³/mol. The van der Waals surface area contributed by atoms with Crippen LogP contribution in [0.3, 0.4) is 0 Å². The highest BCUT2D eigenvalue weighted by atomic mass is 16.2. The number of amides is 1. The van der Waals surface area contributed by atoms with Gasteiger partial charge in [0.05, 0.1) is 5.41 Å². The first-order chi connectivity index (χ1) is 7.77. The van der Waals surface area contributed by atoms with Crippen LogP contribution in [0.15, 0.2) is 12.2 Å². The van der Waals surface area contributed by atoms with Gasteiger partial charge >= 0.3 is 0 Å². The van der Waals surface area contributed by atoms with Crippen molar-refractivity contribution in [3.63, 3.8) is 0 Å². The zero-order valence-corrected chi connectivity index (χ0v) is 10.1. The van der Waals surface area contributed by atoms with Gasteiger partial charge < -0.3 is 10.6 Å². The number of rotatable bonds is 4. The molecule has 2 aliphatic rings. The molecule has 1 amide bonds.